The predicted octanol–water partition coefficient (Wildman–Crippen LogP) is 2.85. The second-order valence-corrected chi connectivity index (χ2v) is 8.43. The molecule has 3 aliphatic rings. The van der Waals surface area contributed by atoms with E-state index in [0.717, 1.165) is 63.7 Å². The Hall–Kier alpha value is -2.83. The fraction of sp³-hybridized carbons (Fsp3) is 0.400. The highest BCUT2D eigenvalue weighted by molar-refractivity contribution is 5.78. The summed E-state index contributed by atoms with van der Waals surface area (Å²) >= 11 is 0. The number of rotatable bonds is 5. The van der Waals surface area contributed by atoms with Crippen molar-refractivity contribution in [3.05, 3.63) is 65.7 Å². The molecule has 0 spiro atoms. The Morgan fingerprint density at radius 3 is 2.45 bits per heavy atom. The molecule has 0 aromatic heterocycles. The normalized spacial score (nSPS) is 19.4. The van der Waals surface area contributed by atoms with Crippen LogP contribution in [0, 0.1) is 0 Å². The summed E-state index contributed by atoms with van der Waals surface area (Å²) in [5.74, 6) is 1.90. The first-order chi connectivity index (χ1) is 15.2. The molecule has 0 N–H and O–H groups in total. The third-order valence-electron chi connectivity index (χ3n) is 6.36. The Morgan fingerprint density at radius 1 is 0.871 bits per heavy atom. The molecule has 0 unspecified atom stereocenters. The number of carbonyl (C=O) groups is 1. The summed E-state index contributed by atoms with van der Waals surface area (Å²) in [6.45, 7) is 6.87. The van der Waals surface area contributed by atoms with Gasteiger partial charge in [-0.3, -0.25) is 14.6 Å². The van der Waals surface area contributed by atoms with Gasteiger partial charge >= 0.3 is 0 Å². The van der Waals surface area contributed by atoms with Crippen LogP contribution in [0.5, 0.6) is 11.5 Å². The SMILES string of the molecule is O=C(CN1CC=C(c2ccccc2)CC1)N1CCN(Cc2ccc3c(c2)OCO3)CC1. The molecule has 0 saturated carbocycles. The van der Waals surface area contributed by atoms with Crippen LogP contribution in [0.15, 0.2) is 54.6 Å². The van der Waals surface area contributed by atoms with Crippen LogP contribution in [0.25, 0.3) is 5.57 Å². The molecule has 0 aliphatic carbocycles. The average Bonchev–Trinajstić information content (AvgIpc) is 3.29. The van der Waals surface area contributed by atoms with Gasteiger partial charge in [-0.1, -0.05) is 42.5 Å². The molecule has 3 aliphatic heterocycles. The molecule has 1 amide bonds. The number of carbonyl (C=O) groups excluding carboxylic acids is 1. The Kier molecular flexibility index (Phi) is 5.91. The van der Waals surface area contributed by atoms with Gasteiger partial charge in [-0.25, -0.2) is 0 Å². The van der Waals surface area contributed by atoms with Gasteiger partial charge in [0.05, 0.1) is 6.54 Å². The number of amides is 1. The van der Waals surface area contributed by atoms with Crippen LogP contribution in [-0.2, 0) is 11.3 Å². The molecule has 1 fully saturated rings. The molecule has 2 aromatic carbocycles. The Balaban J connectivity index is 1.08. The van der Waals surface area contributed by atoms with Crippen LogP contribution in [0.2, 0.25) is 0 Å². The number of fused-ring (bicyclic) bond motifs is 1. The van der Waals surface area contributed by atoms with Crippen molar-refractivity contribution in [3.63, 3.8) is 0 Å². The van der Waals surface area contributed by atoms with Crippen molar-refractivity contribution >= 4 is 11.5 Å². The number of piperazine rings is 1. The highest BCUT2D eigenvalue weighted by Crippen LogP contribution is 2.32. The summed E-state index contributed by atoms with van der Waals surface area (Å²) in [7, 11) is 0. The fourth-order valence-electron chi connectivity index (χ4n) is 4.51. The molecule has 6 nitrogen and oxygen atoms in total. The Morgan fingerprint density at radius 2 is 1.68 bits per heavy atom. The highest BCUT2D eigenvalue weighted by atomic mass is 16.7. The maximum atomic E-state index is 12.8. The summed E-state index contributed by atoms with van der Waals surface area (Å²) in [6.07, 6.45) is 3.27. The first kappa shape index (κ1) is 20.1. The zero-order valence-electron chi connectivity index (χ0n) is 17.8. The summed E-state index contributed by atoms with van der Waals surface area (Å²) in [5.41, 5.74) is 3.91. The van der Waals surface area contributed by atoms with Crippen molar-refractivity contribution in [2.75, 3.05) is 52.6 Å². The zero-order valence-corrected chi connectivity index (χ0v) is 17.8. The van der Waals surface area contributed by atoms with E-state index in [9.17, 15) is 4.79 Å². The first-order valence-corrected chi connectivity index (χ1v) is 11.1. The Bertz CT molecular complexity index is 952. The molecule has 0 radical (unpaired) electrons. The highest BCUT2D eigenvalue weighted by Gasteiger charge is 2.24. The van der Waals surface area contributed by atoms with Gasteiger partial charge in [0, 0.05) is 45.8 Å². The topological polar surface area (TPSA) is 45.3 Å². The average molecular weight is 420 g/mol. The van der Waals surface area contributed by atoms with Gasteiger partial charge in [0.15, 0.2) is 11.5 Å². The zero-order chi connectivity index (χ0) is 21.0. The van der Waals surface area contributed by atoms with Gasteiger partial charge in [0.1, 0.15) is 0 Å². The predicted molar refractivity (Wildman–Crippen MR) is 120 cm³/mol. The van der Waals surface area contributed by atoms with Crippen molar-refractivity contribution in [1.82, 2.24) is 14.7 Å². The third-order valence-corrected chi connectivity index (χ3v) is 6.36. The van der Waals surface area contributed by atoms with Crippen molar-refractivity contribution in [3.8, 4) is 11.5 Å². The second-order valence-electron chi connectivity index (χ2n) is 8.43. The minimum atomic E-state index is 0.249. The minimum absolute atomic E-state index is 0.249. The second kappa shape index (κ2) is 9.12. The molecule has 1 saturated heterocycles. The van der Waals surface area contributed by atoms with Crippen molar-refractivity contribution in [2.24, 2.45) is 0 Å². The molecule has 6 heteroatoms. The fourth-order valence-corrected chi connectivity index (χ4v) is 4.51. The molecule has 2 aromatic rings. The molecule has 3 heterocycles. The van der Waals surface area contributed by atoms with Crippen LogP contribution in [-0.4, -0.2) is 73.2 Å². The molecular weight excluding hydrogens is 390 g/mol. The van der Waals surface area contributed by atoms with E-state index in [1.54, 1.807) is 0 Å². The lowest BCUT2D eigenvalue weighted by atomic mass is 9.99. The quantitative estimate of drug-likeness (QED) is 0.746. The van der Waals surface area contributed by atoms with Crippen LogP contribution in [0.1, 0.15) is 17.5 Å². The van der Waals surface area contributed by atoms with E-state index < -0.39 is 0 Å². The Labute approximate surface area is 183 Å². The van der Waals surface area contributed by atoms with Gasteiger partial charge in [0.2, 0.25) is 12.7 Å². The van der Waals surface area contributed by atoms with Gasteiger partial charge in [-0.2, -0.15) is 0 Å². The van der Waals surface area contributed by atoms with E-state index >= 15 is 0 Å². The lowest BCUT2D eigenvalue weighted by molar-refractivity contribution is -0.134. The minimum Gasteiger partial charge on any atom is -0.454 e. The van der Waals surface area contributed by atoms with E-state index in [2.05, 4.69) is 52.3 Å². The standard InChI is InChI=1S/C25H29N3O3/c29-25(18-26-10-8-22(9-11-26)21-4-2-1-3-5-21)28-14-12-27(13-15-28)17-20-6-7-23-24(16-20)31-19-30-23/h1-8,16H,9-15,17-19H2. The van der Waals surface area contributed by atoms with E-state index in [1.807, 2.05) is 17.0 Å². The van der Waals surface area contributed by atoms with Gasteiger partial charge in [-0.15, -0.1) is 0 Å². The number of benzene rings is 2. The largest absolute Gasteiger partial charge is 0.454 e. The van der Waals surface area contributed by atoms with Crippen LogP contribution < -0.4 is 9.47 Å². The van der Waals surface area contributed by atoms with E-state index in [4.69, 9.17) is 9.47 Å². The lowest BCUT2D eigenvalue weighted by Crippen LogP contribution is -2.51. The number of ether oxygens (including phenoxy) is 2. The number of nitrogens with zero attached hydrogens (tertiary/aromatic N) is 3. The van der Waals surface area contributed by atoms with Gasteiger partial charge in [-0.05, 0) is 35.3 Å². The van der Waals surface area contributed by atoms with Crippen molar-refractivity contribution in [2.45, 2.75) is 13.0 Å². The van der Waals surface area contributed by atoms with E-state index in [-0.39, 0.29) is 5.91 Å². The lowest BCUT2D eigenvalue weighted by Gasteiger charge is -2.36. The van der Waals surface area contributed by atoms with Crippen LogP contribution >= 0.6 is 0 Å². The van der Waals surface area contributed by atoms with Crippen molar-refractivity contribution in [1.29, 1.82) is 0 Å². The van der Waals surface area contributed by atoms with Gasteiger partial charge in [0.25, 0.3) is 0 Å². The maximum absolute atomic E-state index is 12.8. The summed E-state index contributed by atoms with van der Waals surface area (Å²) in [6, 6.07) is 16.7. The van der Waals surface area contributed by atoms with Crippen molar-refractivity contribution < 1.29 is 14.3 Å². The van der Waals surface area contributed by atoms with Crippen LogP contribution in [0.4, 0.5) is 0 Å². The molecule has 0 atom stereocenters. The summed E-state index contributed by atoms with van der Waals surface area (Å²) in [5, 5.41) is 0. The van der Waals surface area contributed by atoms with E-state index in [0.29, 0.717) is 13.3 Å². The monoisotopic (exact) mass is 419 g/mol. The first-order valence-electron chi connectivity index (χ1n) is 11.1. The third kappa shape index (κ3) is 4.75. The van der Waals surface area contributed by atoms with Gasteiger partial charge < -0.3 is 14.4 Å². The smallest absolute Gasteiger partial charge is 0.236 e. The number of hydrogen-bond donors (Lipinski definition) is 0. The molecule has 31 heavy (non-hydrogen) atoms. The summed E-state index contributed by atoms with van der Waals surface area (Å²) < 4.78 is 10.9. The van der Waals surface area contributed by atoms with Crippen LogP contribution in [0.3, 0.4) is 0 Å². The molecular formula is C25H29N3O3. The molecule has 0 bridgehead atoms. The molecule has 5 rings (SSSR count). The summed E-state index contributed by atoms with van der Waals surface area (Å²) in [4.78, 5) is 19.5. The molecule has 162 valence electrons. The maximum Gasteiger partial charge on any atom is 0.236 e. The number of hydrogen-bond acceptors (Lipinski definition) is 5. The van der Waals surface area contributed by atoms with E-state index in [1.165, 1.54) is 16.7 Å².